The second-order valence-electron chi connectivity index (χ2n) is 24.0. The highest BCUT2D eigenvalue weighted by molar-refractivity contribution is 6.69. The Labute approximate surface area is 563 Å². The molecule has 17 N–H and O–H groups in total. The summed E-state index contributed by atoms with van der Waals surface area (Å²) in [6.07, 6.45) is -4.22. The predicted molar refractivity (Wildman–Crippen MR) is 339 cm³/mol. The smallest absolute Gasteiger partial charge is 0.481 e. The zero-order valence-corrected chi connectivity index (χ0v) is 55.6. The summed E-state index contributed by atoms with van der Waals surface area (Å²) in [6, 6.07) is -5.39. The van der Waals surface area contributed by atoms with E-state index in [0.717, 1.165) is 0 Å². The van der Waals surface area contributed by atoms with Gasteiger partial charge in [0, 0.05) is 110 Å². The van der Waals surface area contributed by atoms with Crippen LogP contribution in [0, 0.1) is 0 Å². The molecule has 1 aliphatic heterocycles. The van der Waals surface area contributed by atoms with Crippen LogP contribution in [0.2, 0.25) is 5.04 Å². The second-order valence-corrected chi connectivity index (χ2v) is 26.7. The lowest BCUT2D eigenvalue weighted by Crippen LogP contribution is -2.56. The molecule has 37 nitrogen and oxygen atoms in total. The summed E-state index contributed by atoms with van der Waals surface area (Å²) < 4.78 is 15.2. The molecule has 2 rings (SSSR count). The van der Waals surface area contributed by atoms with Crippen LogP contribution in [-0.4, -0.2) is 298 Å². The van der Waals surface area contributed by atoms with E-state index in [-0.39, 0.29) is 116 Å². The largest absolute Gasteiger partial charge is 0.586 e. The van der Waals surface area contributed by atoms with Crippen LogP contribution in [0.1, 0.15) is 115 Å². The van der Waals surface area contributed by atoms with E-state index in [4.69, 9.17) is 5.11 Å². The fourth-order valence-electron chi connectivity index (χ4n) is 9.72. The summed E-state index contributed by atoms with van der Waals surface area (Å²) in [7, 11) is -2.55. The Morgan fingerprint density at radius 1 is 0.429 bits per heavy atom. The number of amides is 8. The number of benzene rings is 1. The Kier molecular flexibility index (Phi) is 37.7. The van der Waals surface area contributed by atoms with Crippen LogP contribution >= 0.6 is 0 Å². The molecule has 546 valence electrons. The maximum atomic E-state index is 15.2. The fraction of sp³-hybridized carbons (Fsp3) is 0.627. The normalized spacial score (nSPS) is 15.4. The van der Waals surface area contributed by atoms with Gasteiger partial charge in [-0.05, 0) is 96.4 Å². The molecule has 1 saturated heterocycles. The van der Waals surface area contributed by atoms with Crippen LogP contribution in [-0.2, 0) is 67.1 Å². The standard InChI is InChI=1S/C59H89FN12O25Si/c1-59(2,3)98(60)36-11-9-35(10-12-36)51(85)63-31-41(65-46(76)17-15-42(57(95)96)72-29-27-70(33-49(81)82)25-23-69(32-48(79)80)24-26-71(28-30-72)34-50(83)84)52(86)66-38(54(89)90)7-4-5-21-61-43(73)18-19-44(74)62-22-6-8-37(53(87)88)64-45(75)16-13-39(55(91)92)67-58(97)68-40(56(93)94)14-20-47(77)78/h9-12,37-42H,4-8,13-34H2,1-3H3,(H16-,61,62,63,64,65,66,67,68,73,74,75,76,77,78,79,80,81,82,83,84,85,86,87,88,89,90,91,92,93,94,95,96,97)/p+1/t37-,38+,39-,40-,41-,42-/m0/s1. The molecule has 98 heavy (non-hydrogen) atoms. The third-order valence-corrected chi connectivity index (χ3v) is 17.2. The third kappa shape index (κ3) is 35.0. The van der Waals surface area contributed by atoms with Gasteiger partial charge in [-0.3, -0.25) is 72.3 Å². The molecule has 1 heterocycles. The van der Waals surface area contributed by atoms with Gasteiger partial charge in [0.1, 0.15) is 46.5 Å². The summed E-state index contributed by atoms with van der Waals surface area (Å²) in [5.74, 6) is -17.5. The molecule has 1 aromatic carbocycles. The number of carboxylic acid groups (broad SMARTS) is 9. The summed E-state index contributed by atoms with van der Waals surface area (Å²) in [5.41, 5.74) is 0.0376. The maximum absolute atomic E-state index is 15.2. The quantitative estimate of drug-likeness (QED) is 0.0172. The van der Waals surface area contributed by atoms with Gasteiger partial charge in [0.05, 0.1) is 19.6 Å². The number of carbonyl (C=O) groups is 16. The topological polar surface area (TPSA) is 564 Å². The number of carbonyl (C=O) groups excluding carboxylic acids is 7. The summed E-state index contributed by atoms with van der Waals surface area (Å²) in [6.45, 7) is 2.87. The highest BCUT2D eigenvalue weighted by Gasteiger charge is 2.46. The van der Waals surface area contributed by atoms with Crippen molar-refractivity contribution >= 4 is 110 Å². The van der Waals surface area contributed by atoms with Gasteiger partial charge in [-0.25, -0.2) is 24.0 Å². The molecule has 6 atom stereocenters. The van der Waals surface area contributed by atoms with E-state index in [2.05, 4.69) is 31.9 Å². The third-order valence-electron chi connectivity index (χ3n) is 15.1. The lowest BCUT2D eigenvalue weighted by Gasteiger charge is -2.35. The van der Waals surface area contributed by atoms with Crippen LogP contribution in [0.3, 0.4) is 0 Å². The van der Waals surface area contributed by atoms with Gasteiger partial charge in [0.15, 0.2) is 0 Å². The van der Waals surface area contributed by atoms with E-state index in [0.29, 0.717) is 5.19 Å². The predicted octanol–water partition coefficient (Wildman–Crippen LogP) is -3.47. The molecule has 0 saturated carbocycles. The molecule has 0 radical (unpaired) electrons. The first-order chi connectivity index (χ1) is 45.9. The zero-order chi connectivity index (χ0) is 73.8. The van der Waals surface area contributed by atoms with Gasteiger partial charge in [-0.1, -0.05) is 4.11 Å². The number of hydrogen-bond donors (Lipinski definition) is 17. The monoisotopic (exact) mass is 1410 g/mol. The van der Waals surface area contributed by atoms with Crippen molar-refractivity contribution in [1.29, 1.82) is 0 Å². The molecular weight excluding hydrogens is 1320 g/mol. The Bertz CT molecular complexity index is 2910. The molecule has 0 unspecified atom stereocenters. The molecule has 0 spiro atoms. The van der Waals surface area contributed by atoms with E-state index >= 15 is 4.11 Å². The average Bonchev–Trinajstić information content (AvgIpc) is 0.847. The van der Waals surface area contributed by atoms with Gasteiger partial charge >= 0.3 is 68.9 Å². The van der Waals surface area contributed by atoms with E-state index in [1.807, 2.05) is 10.6 Å². The Hall–Kier alpha value is -9.47. The molecule has 0 aromatic heterocycles. The van der Waals surface area contributed by atoms with Crippen molar-refractivity contribution in [3.05, 3.63) is 29.8 Å². The van der Waals surface area contributed by atoms with Crippen molar-refractivity contribution in [1.82, 2.24) is 62.1 Å². The number of unbranched alkanes of at least 4 members (excludes halogenated alkanes) is 1. The van der Waals surface area contributed by atoms with E-state index in [1.165, 1.54) is 43.9 Å². The number of aliphatic carboxylic acids is 9. The number of urea groups is 1. The molecule has 39 heteroatoms. The number of hydrogen-bond acceptors (Lipinski definition) is 20. The van der Waals surface area contributed by atoms with Crippen molar-refractivity contribution in [2.75, 3.05) is 91.6 Å². The number of nitrogens with zero attached hydrogens (tertiary/aromatic N) is 4. The van der Waals surface area contributed by atoms with Crippen LogP contribution in [0.15, 0.2) is 24.3 Å². The molecule has 1 aromatic rings. The van der Waals surface area contributed by atoms with Crippen molar-refractivity contribution in [2.24, 2.45) is 0 Å². The maximum Gasteiger partial charge on any atom is 0.586 e. The summed E-state index contributed by atoms with van der Waals surface area (Å²) in [5, 5.41) is 105. The Morgan fingerprint density at radius 3 is 1.26 bits per heavy atom. The highest BCUT2D eigenvalue weighted by atomic mass is 28.3. The molecule has 8 amide bonds. The first kappa shape index (κ1) is 84.6. The van der Waals surface area contributed by atoms with Crippen molar-refractivity contribution in [3.8, 4) is 0 Å². The number of halogens is 1. The minimum atomic E-state index is -2.55. The van der Waals surface area contributed by atoms with Gasteiger partial charge in [-0.2, -0.15) is 0 Å². The molecular formula is C59H90FN12O25Si+. The summed E-state index contributed by atoms with van der Waals surface area (Å²) >= 11 is 0. The van der Waals surface area contributed by atoms with E-state index < -0.39 is 210 Å². The van der Waals surface area contributed by atoms with Crippen molar-refractivity contribution < 1.29 is 127 Å². The van der Waals surface area contributed by atoms with E-state index in [1.54, 1.807) is 20.8 Å². The minimum absolute atomic E-state index is 0.000651. The van der Waals surface area contributed by atoms with Crippen LogP contribution in [0.5, 0.6) is 0 Å². The Balaban J connectivity index is 2.08. The lowest BCUT2D eigenvalue weighted by molar-refractivity contribution is -0.145. The van der Waals surface area contributed by atoms with Gasteiger partial charge in [-0.15, -0.1) is 0 Å². The fourth-order valence-corrected chi connectivity index (χ4v) is 11.1. The molecule has 1 fully saturated rings. The number of nitrogens with one attached hydrogen (secondary N) is 8. The van der Waals surface area contributed by atoms with Crippen molar-refractivity contribution in [3.63, 3.8) is 0 Å². The van der Waals surface area contributed by atoms with Crippen LogP contribution < -0.4 is 47.7 Å². The molecule has 0 aliphatic carbocycles. The Morgan fingerprint density at radius 2 is 0.827 bits per heavy atom. The zero-order valence-electron chi connectivity index (χ0n) is 54.6. The van der Waals surface area contributed by atoms with Gasteiger partial charge < -0.3 is 88.5 Å². The average molecular weight is 1410 g/mol. The SMILES string of the molecule is CC(C)(C)[Si+](F)c1ccc(C(=O)NC[C@H](NC(=O)CC[C@@H](C(=O)O)N2CCN(CC(=O)O)CCN(CC(=O)O)CCN(CC(=O)O)CC2)C(=O)N[C@H](CCCCNC(=O)CCC(=O)NCCC[C@H](NC(=O)CC[C@H](NC(=O)N[C@@H](CCC(=O)O)C(=O)O)C(=O)O)C(=O)O)C(=O)O)cc1. The number of carboxylic acids is 9. The number of rotatable bonds is 43. The summed E-state index contributed by atoms with van der Waals surface area (Å²) in [4.78, 5) is 204. The first-order valence-corrected chi connectivity index (χ1v) is 32.7. The van der Waals surface area contributed by atoms with E-state index in [9.17, 15) is 118 Å². The van der Waals surface area contributed by atoms with Crippen molar-refractivity contribution in [2.45, 2.75) is 146 Å². The molecule has 1 aliphatic rings. The highest BCUT2D eigenvalue weighted by Crippen LogP contribution is 2.27. The van der Waals surface area contributed by atoms with Gasteiger partial charge in [0.2, 0.25) is 29.5 Å². The lowest BCUT2D eigenvalue weighted by atomic mass is 10.1. The molecule has 0 bridgehead atoms. The minimum Gasteiger partial charge on any atom is -0.481 e. The van der Waals surface area contributed by atoms with Crippen LogP contribution in [0.4, 0.5) is 8.90 Å². The second kappa shape index (κ2) is 43.6. The van der Waals surface area contributed by atoms with Crippen LogP contribution in [0.25, 0.3) is 0 Å². The van der Waals surface area contributed by atoms with Gasteiger partial charge in [0.25, 0.3) is 5.91 Å². The first-order valence-electron chi connectivity index (χ1n) is 31.3.